The smallest absolute Gasteiger partial charge is 0.280 e. The molecule has 0 aliphatic heterocycles. The van der Waals surface area contributed by atoms with Crippen molar-refractivity contribution in [1.29, 1.82) is 0 Å². The second kappa shape index (κ2) is 9.03. The second-order valence-corrected chi connectivity index (χ2v) is 8.40. The van der Waals surface area contributed by atoms with E-state index in [1.807, 2.05) is 50.8 Å². The Labute approximate surface area is 176 Å². The molecule has 28 heavy (non-hydrogen) atoms. The Morgan fingerprint density at radius 1 is 1.21 bits per heavy atom. The summed E-state index contributed by atoms with van der Waals surface area (Å²) in [6, 6.07) is 8.20. The Hall–Kier alpha value is -1.96. The van der Waals surface area contributed by atoms with E-state index in [2.05, 4.69) is 29.9 Å². The van der Waals surface area contributed by atoms with Crippen molar-refractivity contribution in [2.45, 2.75) is 33.7 Å². The topological polar surface area (TPSA) is 54.3 Å². The van der Waals surface area contributed by atoms with Crippen molar-refractivity contribution in [3.63, 3.8) is 0 Å². The number of para-hydroxylation sites is 1. The molecule has 8 heteroatoms. The van der Waals surface area contributed by atoms with Gasteiger partial charge in [0.2, 0.25) is 0 Å². The highest BCUT2D eigenvalue weighted by molar-refractivity contribution is 7.22. The molecule has 2 heterocycles. The Kier molecular flexibility index (Phi) is 7.20. The number of benzene rings is 1. The van der Waals surface area contributed by atoms with Gasteiger partial charge in [-0.15, -0.1) is 12.4 Å². The van der Waals surface area contributed by atoms with Crippen LogP contribution in [-0.4, -0.2) is 52.8 Å². The molecule has 0 atom stereocenters. The van der Waals surface area contributed by atoms with Crippen molar-refractivity contribution in [3.05, 3.63) is 41.2 Å². The van der Waals surface area contributed by atoms with Crippen LogP contribution < -0.4 is 4.90 Å². The first-order chi connectivity index (χ1) is 12.8. The predicted octanol–water partition coefficient (Wildman–Crippen LogP) is 4.32. The van der Waals surface area contributed by atoms with Crippen molar-refractivity contribution in [3.8, 4) is 0 Å². The Morgan fingerprint density at radius 3 is 2.50 bits per heavy atom. The number of anilines is 1. The third-order valence-electron chi connectivity index (χ3n) is 4.49. The van der Waals surface area contributed by atoms with Gasteiger partial charge in [-0.2, -0.15) is 5.10 Å². The van der Waals surface area contributed by atoms with Crippen LogP contribution in [0.5, 0.6) is 0 Å². The Bertz CT molecular complexity index is 963. The fraction of sp³-hybridized carbons (Fsp3) is 0.450. The molecule has 0 aliphatic carbocycles. The summed E-state index contributed by atoms with van der Waals surface area (Å²) < 4.78 is 2.98. The molecule has 1 amide bonds. The quantitative estimate of drug-likeness (QED) is 0.594. The lowest BCUT2D eigenvalue weighted by Crippen LogP contribution is -2.37. The maximum atomic E-state index is 13.3. The van der Waals surface area contributed by atoms with Gasteiger partial charge in [-0.3, -0.25) is 14.4 Å². The van der Waals surface area contributed by atoms with Crippen LogP contribution in [0.15, 0.2) is 24.3 Å². The molecular formula is C20H28ClN5OS. The van der Waals surface area contributed by atoms with Crippen molar-refractivity contribution < 1.29 is 4.79 Å². The summed E-state index contributed by atoms with van der Waals surface area (Å²) in [5.74, 6) is -0.101. The average molecular weight is 422 g/mol. The minimum Gasteiger partial charge on any atom is -0.308 e. The van der Waals surface area contributed by atoms with Crippen molar-refractivity contribution in [2.24, 2.45) is 0 Å². The Balaban J connectivity index is 0.00000280. The minimum atomic E-state index is -0.101. The third-order valence-corrected chi connectivity index (χ3v) is 5.53. The van der Waals surface area contributed by atoms with E-state index in [0.717, 1.165) is 33.2 Å². The van der Waals surface area contributed by atoms with Crippen LogP contribution in [0.25, 0.3) is 10.2 Å². The van der Waals surface area contributed by atoms with Crippen LogP contribution in [0, 0.1) is 13.8 Å². The molecule has 3 rings (SSSR count). The molecule has 0 N–H and O–H groups in total. The average Bonchev–Trinajstić information content (AvgIpc) is 3.19. The number of rotatable bonds is 6. The van der Waals surface area contributed by atoms with Crippen LogP contribution >= 0.6 is 23.7 Å². The van der Waals surface area contributed by atoms with Gasteiger partial charge >= 0.3 is 0 Å². The molecule has 0 fully saturated rings. The lowest BCUT2D eigenvalue weighted by molar-refractivity contribution is 0.0979. The lowest BCUT2D eigenvalue weighted by atomic mass is 10.2. The van der Waals surface area contributed by atoms with Gasteiger partial charge < -0.3 is 4.90 Å². The maximum absolute atomic E-state index is 13.3. The van der Waals surface area contributed by atoms with E-state index < -0.39 is 0 Å². The molecule has 0 bridgehead atoms. The van der Waals surface area contributed by atoms with Crippen LogP contribution in [-0.2, 0) is 0 Å². The van der Waals surface area contributed by atoms with E-state index >= 15 is 0 Å². The molecule has 0 radical (unpaired) electrons. The van der Waals surface area contributed by atoms with Crippen molar-refractivity contribution in [1.82, 2.24) is 19.7 Å². The molecule has 1 aromatic carbocycles. The second-order valence-electron chi connectivity index (χ2n) is 7.39. The van der Waals surface area contributed by atoms with Crippen LogP contribution in [0.4, 0.5) is 5.13 Å². The van der Waals surface area contributed by atoms with Gasteiger partial charge in [-0.25, -0.2) is 4.98 Å². The molecule has 152 valence electrons. The molecule has 0 saturated heterocycles. The number of carbonyl (C=O) groups is 1. The number of likely N-dealkylation sites (N-methyl/N-ethyl adjacent to an activating group) is 1. The van der Waals surface area contributed by atoms with Crippen LogP contribution in [0.2, 0.25) is 0 Å². The highest BCUT2D eigenvalue weighted by atomic mass is 35.5. The number of hydrogen-bond acceptors (Lipinski definition) is 5. The molecule has 0 spiro atoms. The van der Waals surface area contributed by atoms with Crippen molar-refractivity contribution >= 4 is 45.0 Å². The summed E-state index contributed by atoms with van der Waals surface area (Å²) in [6.45, 7) is 9.48. The number of fused-ring (bicyclic) bond motifs is 1. The number of aromatic nitrogens is 3. The highest BCUT2D eigenvalue weighted by Crippen LogP contribution is 2.31. The van der Waals surface area contributed by atoms with E-state index in [0.29, 0.717) is 12.2 Å². The zero-order chi connectivity index (χ0) is 19.7. The number of halogens is 1. The molecule has 0 aliphatic rings. The number of nitrogens with zero attached hydrogens (tertiary/aromatic N) is 5. The van der Waals surface area contributed by atoms with E-state index in [4.69, 9.17) is 4.98 Å². The van der Waals surface area contributed by atoms with Crippen molar-refractivity contribution in [2.75, 3.05) is 32.1 Å². The third kappa shape index (κ3) is 4.54. The monoisotopic (exact) mass is 421 g/mol. The number of aryl methyl sites for hydroxylation is 2. The summed E-state index contributed by atoms with van der Waals surface area (Å²) in [5.41, 5.74) is 3.54. The SMILES string of the molecule is Cc1cccc2sc(N(CCN(C)C)C(=O)c3cc(C)n(C(C)C)n3)nc12.Cl. The van der Waals surface area contributed by atoms with Gasteiger partial charge in [0.1, 0.15) is 0 Å². The summed E-state index contributed by atoms with van der Waals surface area (Å²) in [5, 5.41) is 5.27. The molecule has 0 saturated carbocycles. The zero-order valence-electron chi connectivity index (χ0n) is 17.3. The normalized spacial score (nSPS) is 11.3. The summed E-state index contributed by atoms with van der Waals surface area (Å²) in [7, 11) is 4.01. The summed E-state index contributed by atoms with van der Waals surface area (Å²) in [4.78, 5) is 21.9. The van der Waals surface area contributed by atoms with Gasteiger partial charge in [-0.1, -0.05) is 23.5 Å². The molecule has 2 aromatic heterocycles. The standard InChI is InChI=1S/C20H27N5OS.ClH/c1-13(2)25-15(4)12-16(22-25)19(26)24(11-10-23(5)6)20-21-18-14(3)8-7-9-17(18)27-20;/h7-9,12-13H,10-11H2,1-6H3;1H. The lowest BCUT2D eigenvalue weighted by Gasteiger charge is -2.21. The number of thiazole rings is 1. The van der Waals surface area contributed by atoms with E-state index in [1.165, 1.54) is 0 Å². The van der Waals surface area contributed by atoms with Gasteiger partial charge in [0.25, 0.3) is 5.91 Å². The van der Waals surface area contributed by atoms with E-state index in [1.54, 1.807) is 16.2 Å². The van der Waals surface area contributed by atoms with Gasteiger partial charge in [0, 0.05) is 24.8 Å². The number of hydrogen-bond donors (Lipinski definition) is 0. The van der Waals surface area contributed by atoms with E-state index in [-0.39, 0.29) is 24.4 Å². The first kappa shape index (κ1) is 22.3. The molecule has 0 unspecified atom stereocenters. The van der Waals surface area contributed by atoms with E-state index in [9.17, 15) is 4.79 Å². The minimum absolute atomic E-state index is 0. The van der Waals surface area contributed by atoms with Gasteiger partial charge in [0.15, 0.2) is 10.8 Å². The van der Waals surface area contributed by atoms with Gasteiger partial charge in [0.05, 0.1) is 10.2 Å². The molecule has 6 nitrogen and oxygen atoms in total. The largest absolute Gasteiger partial charge is 0.308 e. The highest BCUT2D eigenvalue weighted by Gasteiger charge is 2.24. The number of carbonyl (C=O) groups excluding carboxylic acids is 1. The molecular weight excluding hydrogens is 394 g/mol. The van der Waals surface area contributed by atoms with Crippen LogP contribution in [0.1, 0.15) is 41.6 Å². The molecule has 3 aromatic rings. The Morgan fingerprint density at radius 2 is 1.93 bits per heavy atom. The summed E-state index contributed by atoms with van der Waals surface area (Å²) in [6.07, 6.45) is 0. The van der Waals surface area contributed by atoms with Crippen LogP contribution in [0.3, 0.4) is 0 Å². The fourth-order valence-electron chi connectivity index (χ4n) is 3.03. The fourth-order valence-corrected chi connectivity index (χ4v) is 4.10. The summed E-state index contributed by atoms with van der Waals surface area (Å²) >= 11 is 1.55. The number of amides is 1. The first-order valence-electron chi connectivity index (χ1n) is 9.17. The maximum Gasteiger partial charge on any atom is 0.280 e. The first-order valence-corrected chi connectivity index (χ1v) is 9.98. The van der Waals surface area contributed by atoms with Gasteiger partial charge in [-0.05, 0) is 59.5 Å². The zero-order valence-corrected chi connectivity index (χ0v) is 18.9. The predicted molar refractivity (Wildman–Crippen MR) is 119 cm³/mol.